The molecule has 11 heteroatoms. The number of hydrogen-bond acceptors (Lipinski definition) is 9. The predicted octanol–water partition coefficient (Wildman–Crippen LogP) is 3.01. The van der Waals surface area contributed by atoms with Crippen LogP contribution in [0.25, 0.3) is 0 Å². The second-order valence-corrected chi connectivity index (χ2v) is 8.12. The summed E-state index contributed by atoms with van der Waals surface area (Å²) in [6, 6.07) is 11.9. The van der Waals surface area contributed by atoms with E-state index in [1.54, 1.807) is 11.6 Å². The molecule has 0 aliphatic rings. The number of thioether (sulfide) groups is 1. The van der Waals surface area contributed by atoms with Gasteiger partial charge in [-0.25, -0.2) is 9.59 Å². The summed E-state index contributed by atoms with van der Waals surface area (Å²) in [5.74, 6) is -0.283. The monoisotopic (exact) mass is 484 g/mol. The number of carbonyl (C=O) groups is 3. The molecular formula is C23H24N4O6S. The number of hydrogen-bond donors (Lipinski definition) is 1. The second-order valence-electron chi connectivity index (χ2n) is 7.18. The van der Waals surface area contributed by atoms with Gasteiger partial charge in [-0.05, 0) is 37.3 Å². The van der Waals surface area contributed by atoms with E-state index in [9.17, 15) is 14.4 Å². The molecular weight excluding hydrogens is 460 g/mol. The fourth-order valence-corrected chi connectivity index (χ4v) is 3.61. The van der Waals surface area contributed by atoms with E-state index < -0.39 is 11.9 Å². The molecule has 0 radical (unpaired) electrons. The summed E-state index contributed by atoms with van der Waals surface area (Å²) < 4.78 is 16.9. The number of carbonyl (C=O) groups excluding carboxylic acids is 3. The largest absolute Gasteiger partial charge is 0.486 e. The molecule has 1 amide bonds. The van der Waals surface area contributed by atoms with Crippen LogP contribution in [0.4, 0.5) is 5.69 Å². The maximum absolute atomic E-state index is 12.5. The number of amides is 1. The molecule has 3 rings (SSSR count). The Kier molecular flexibility index (Phi) is 8.25. The van der Waals surface area contributed by atoms with Crippen molar-refractivity contribution < 1.29 is 28.6 Å². The van der Waals surface area contributed by atoms with E-state index in [2.05, 4.69) is 15.5 Å². The zero-order valence-corrected chi connectivity index (χ0v) is 20.0. The van der Waals surface area contributed by atoms with Gasteiger partial charge in [-0.1, -0.05) is 29.5 Å². The summed E-state index contributed by atoms with van der Waals surface area (Å²) in [7, 11) is 4.24. The molecule has 0 saturated heterocycles. The quantitative estimate of drug-likeness (QED) is 0.361. The van der Waals surface area contributed by atoms with Crippen molar-refractivity contribution in [2.24, 2.45) is 7.05 Å². The number of nitrogens with one attached hydrogen (secondary N) is 1. The smallest absolute Gasteiger partial charge is 0.337 e. The van der Waals surface area contributed by atoms with Crippen LogP contribution in [-0.4, -0.2) is 52.6 Å². The van der Waals surface area contributed by atoms with Gasteiger partial charge < -0.3 is 24.1 Å². The second kappa shape index (κ2) is 11.3. The molecule has 0 fully saturated rings. The van der Waals surface area contributed by atoms with E-state index in [0.29, 0.717) is 11.0 Å². The van der Waals surface area contributed by atoms with Crippen LogP contribution in [0.3, 0.4) is 0 Å². The topological polar surface area (TPSA) is 122 Å². The predicted molar refractivity (Wildman–Crippen MR) is 125 cm³/mol. The van der Waals surface area contributed by atoms with E-state index in [-0.39, 0.29) is 35.1 Å². The minimum absolute atomic E-state index is 0.0286. The number of ether oxygens (including phenoxy) is 3. The summed E-state index contributed by atoms with van der Waals surface area (Å²) in [4.78, 5) is 36.3. The van der Waals surface area contributed by atoms with Crippen molar-refractivity contribution >= 4 is 35.3 Å². The Morgan fingerprint density at radius 2 is 1.59 bits per heavy atom. The SMILES string of the molecule is COC(=O)c1cc(NC(=O)CSc2nnc(COc3ccc(C)cc3)n2C)cc(C(=O)OC)c1. The van der Waals surface area contributed by atoms with E-state index in [1.165, 1.54) is 44.2 Å². The van der Waals surface area contributed by atoms with Gasteiger partial charge in [0.25, 0.3) is 0 Å². The van der Waals surface area contributed by atoms with Crippen LogP contribution in [0.1, 0.15) is 32.1 Å². The van der Waals surface area contributed by atoms with Gasteiger partial charge >= 0.3 is 11.9 Å². The van der Waals surface area contributed by atoms with Crippen molar-refractivity contribution in [1.82, 2.24) is 14.8 Å². The van der Waals surface area contributed by atoms with Crippen LogP contribution >= 0.6 is 11.8 Å². The molecule has 1 heterocycles. The maximum Gasteiger partial charge on any atom is 0.337 e. The standard InChI is InChI=1S/C23H24N4O6S/c1-14-5-7-18(8-6-14)33-12-19-25-26-23(27(19)2)34-13-20(28)24-17-10-15(21(29)31-3)9-16(11-17)22(30)32-4/h5-11H,12-13H2,1-4H3,(H,24,28). The highest BCUT2D eigenvalue weighted by Crippen LogP contribution is 2.20. The highest BCUT2D eigenvalue weighted by molar-refractivity contribution is 7.99. The lowest BCUT2D eigenvalue weighted by atomic mass is 10.1. The number of methoxy groups -OCH3 is 2. The summed E-state index contributed by atoms with van der Waals surface area (Å²) >= 11 is 1.19. The fourth-order valence-electron chi connectivity index (χ4n) is 2.88. The lowest BCUT2D eigenvalue weighted by Crippen LogP contribution is -2.16. The number of anilines is 1. The van der Waals surface area contributed by atoms with E-state index in [1.807, 2.05) is 31.2 Å². The molecule has 0 aliphatic heterocycles. The Bertz CT molecular complexity index is 1160. The van der Waals surface area contributed by atoms with Crippen LogP contribution in [-0.2, 0) is 27.9 Å². The Balaban J connectivity index is 1.61. The van der Waals surface area contributed by atoms with E-state index in [0.717, 1.165) is 11.3 Å². The molecule has 2 aromatic carbocycles. The molecule has 0 spiro atoms. The lowest BCUT2D eigenvalue weighted by molar-refractivity contribution is -0.113. The number of nitrogens with zero attached hydrogens (tertiary/aromatic N) is 3. The Labute approximate surface area is 200 Å². The van der Waals surface area contributed by atoms with Crippen LogP contribution < -0.4 is 10.1 Å². The highest BCUT2D eigenvalue weighted by atomic mass is 32.2. The van der Waals surface area contributed by atoms with Crippen molar-refractivity contribution in [3.05, 3.63) is 65.0 Å². The van der Waals surface area contributed by atoms with Crippen molar-refractivity contribution in [2.75, 3.05) is 25.3 Å². The molecule has 0 unspecified atom stereocenters. The molecule has 178 valence electrons. The van der Waals surface area contributed by atoms with E-state index >= 15 is 0 Å². The first-order valence-electron chi connectivity index (χ1n) is 10.1. The highest BCUT2D eigenvalue weighted by Gasteiger charge is 2.16. The summed E-state index contributed by atoms with van der Waals surface area (Å²) in [6.07, 6.45) is 0. The first kappa shape index (κ1) is 24.8. The lowest BCUT2D eigenvalue weighted by Gasteiger charge is -2.10. The van der Waals surface area contributed by atoms with Crippen LogP contribution in [0.15, 0.2) is 47.6 Å². The Hall–Kier alpha value is -3.86. The van der Waals surface area contributed by atoms with Crippen LogP contribution in [0.5, 0.6) is 5.75 Å². The van der Waals surface area contributed by atoms with Gasteiger partial charge in [-0.2, -0.15) is 0 Å². The number of rotatable bonds is 9. The van der Waals surface area contributed by atoms with Crippen LogP contribution in [0, 0.1) is 6.92 Å². The molecule has 1 N–H and O–H groups in total. The molecule has 0 saturated carbocycles. The zero-order chi connectivity index (χ0) is 24.7. The molecule has 10 nitrogen and oxygen atoms in total. The number of aryl methyl sites for hydroxylation is 1. The van der Waals surface area contributed by atoms with Gasteiger partial charge in [0.15, 0.2) is 11.0 Å². The third kappa shape index (κ3) is 6.35. The molecule has 1 aromatic heterocycles. The Morgan fingerprint density at radius 3 is 2.18 bits per heavy atom. The molecule has 34 heavy (non-hydrogen) atoms. The van der Waals surface area contributed by atoms with Crippen molar-refractivity contribution in [1.29, 1.82) is 0 Å². The van der Waals surface area contributed by atoms with Crippen molar-refractivity contribution in [3.8, 4) is 5.75 Å². The average Bonchev–Trinajstić information content (AvgIpc) is 3.20. The van der Waals surface area contributed by atoms with Gasteiger partial charge in [-0.15, -0.1) is 10.2 Å². The van der Waals surface area contributed by atoms with Crippen molar-refractivity contribution in [3.63, 3.8) is 0 Å². The first-order chi connectivity index (χ1) is 16.3. The van der Waals surface area contributed by atoms with E-state index in [4.69, 9.17) is 14.2 Å². The van der Waals surface area contributed by atoms with Gasteiger partial charge in [-0.3, -0.25) is 4.79 Å². The third-order valence-electron chi connectivity index (χ3n) is 4.71. The normalized spacial score (nSPS) is 10.5. The third-order valence-corrected chi connectivity index (χ3v) is 5.73. The zero-order valence-electron chi connectivity index (χ0n) is 19.2. The van der Waals surface area contributed by atoms with Gasteiger partial charge in [0, 0.05) is 12.7 Å². The van der Waals surface area contributed by atoms with Crippen LogP contribution in [0.2, 0.25) is 0 Å². The summed E-state index contributed by atoms with van der Waals surface area (Å²) in [6.45, 7) is 2.23. The van der Waals surface area contributed by atoms with Gasteiger partial charge in [0.2, 0.25) is 5.91 Å². The first-order valence-corrected chi connectivity index (χ1v) is 11.1. The average molecular weight is 485 g/mol. The van der Waals surface area contributed by atoms with Crippen molar-refractivity contribution in [2.45, 2.75) is 18.7 Å². The minimum Gasteiger partial charge on any atom is -0.486 e. The molecule has 0 bridgehead atoms. The molecule has 0 atom stereocenters. The Morgan fingerprint density at radius 1 is 0.971 bits per heavy atom. The number of esters is 2. The van der Waals surface area contributed by atoms with Gasteiger partial charge in [0.1, 0.15) is 12.4 Å². The summed E-state index contributed by atoms with van der Waals surface area (Å²) in [5, 5.41) is 11.4. The number of aromatic nitrogens is 3. The maximum atomic E-state index is 12.5. The minimum atomic E-state index is -0.643. The van der Waals surface area contributed by atoms with Gasteiger partial charge in [0.05, 0.1) is 31.1 Å². The molecule has 0 aliphatic carbocycles. The number of benzene rings is 2. The molecule has 3 aromatic rings. The fraction of sp³-hybridized carbons (Fsp3) is 0.261. The summed E-state index contributed by atoms with van der Waals surface area (Å²) in [5.41, 5.74) is 1.63.